The van der Waals surface area contributed by atoms with E-state index >= 15 is 0 Å². The summed E-state index contributed by atoms with van der Waals surface area (Å²) in [7, 11) is 0. The molecule has 0 radical (unpaired) electrons. The van der Waals surface area contributed by atoms with Gasteiger partial charge in [0, 0.05) is 12.0 Å². The molecule has 2 N–H and O–H groups in total. The molecule has 0 bridgehead atoms. The molecule has 1 amide bonds. The van der Waals surface area contributed by atoms with Gasteiger partial charge >= 0.3 is 6.09 Å². The summed E-state index contributed by atoms with van der Waals surface area (Å²) in [6, 6.07) is 32.3. The van der Waals surface area contributed by atoms with Crippen molar-refractivity contribution in [2.45, 2.75) is 12.5 Å². The van der Waals surface area contributed by atoms with E-state index in [0.29, 0.717) is 17.9 Å². The standard InChI is InChI=1S/C29H25NO4/c31-20-22-11-15-24(16-12-22)23-13-9-21(10-14-23)17-18-34-27-8-4-7-26(19-27)28(30-29(32)33)25-5-2-1-3-6-25/h1-16,19-20,28,30H,17-18H2,(H,32,33). The first-order valence-electron chi connectivity index (χ1n) is 11.0. The van der Waals surface area contributed by atoms with Crippen molar-refractivity contribution in [3.8, 4) is 16.9 Å². The SMILES string of the molecule is O=Cc1ccc(-c2ccc(CCOc3cccc(C(NC(=O)O)c4ccccc4)c3)cc2)cc1. The lowest BCUT2D eigenvalue weighted by Gasteiger charge is -2.19. The van der Waals surface area contributed by atoms with Crippen LogP contribution in [0.1, 0.15) is 33.1 Å². The third kappa shape index (κ3) is 5.90. The second kappa shape index (κ2) is 11.0. The van der Waals surface area contributed by atoms with Crippen molar-refractivity contribution in [1.82, 2.24) is 5.32 Å². The summed E-state index contributed by atoms with van der Waals surface area (Å²) in [4.78, 5) is 22.2. The van der Waals surface area contributed by atoms with E-state index in [1.165, 1.54) is 0 Å². The summed E-state index contributed by atoms with van der Waals surface area (Å²) in [5.74, 6) is 0.692. The van der Waals surface area contributed by atoms with E-state index in [1.54, 1.807) is 0 Å². The maximum absolute atomic E-state index is 11.4. The normalized spacial score (nSPS) is 11.4. The molecular formula is C29H25NO4. The van der Waals surface area contributed by atoms with E-state index < -0.39 is 12.1 Å². The van der Waals surface area contributed by atoms with Crippen LogP contribution in [0, 0.1) is 0 Å². The van der Waals surface area contributed by atoms with Gasteiger partial charge in [-0.3, -0.25) is 4.79 Å². The number of benzene rings is 4. The minimum atomic E-state index is -1.08. The van der Waals surface area contributed by atoms with Gasteiger partial charge in [-0.25, -0.2) is 4.79 Å². The highest BCUT2D eigenvalue weighted by molar-refractivity contribution is 5.77. The Morgan fingerprint density at radius 1 is 0.824 bits per heavy atom. The second-order valence-corrected chi connectivity index (χ2v) is 7.90. The van der Waals surface area contributed by atoms with Gasteiger partial charge in [-0.2, -0.15) is 0 Å². The average molecular weight is 452 g/mol. The monoisotopic (exact) mass is 451 g/mol. The highest BCUT2D eigenvalue weighted by Gasteiger charge is 2.16. The second-order valence-electron chi connectivity index (χ2n) is 7.90. The van der Waals surface area contributed by atoms with Crippen molar-refractivity contribution in [2.75, 3.05) is 6.61 Å². The Kier molecular flexibility index (Phi) is 7.35. The van der Waals surface area contributed by atoms with Crippen LogP contribution in [0.25, 0.3) is 11.1 Å². The van der Waals surface area contributed by atoms with Gasteiger partial charge in [0.1, 0.15) is 12.0 Å². The summed E-state index contributed by atoms with van der Waals surface area (Å²) in [6.07, 6.45) is 0.500. The Labute approximate surface area is 198 Å². The average Bonchev–Trinajstić information content (AvgIpc) is 2.88. The van der Waals surface area contributed by atoms with Crippen LogP contribution >= 0.6 is 0 Å². The van der Waals surface area contributed by atoms with Gasteiger partial charge in [0.25, 0.3) is 0 Å². The third-order valence-electron chi connectivity index (χ3n) is 5.59. The molecule has 4 aromatic carbocycles. The first kappa shape index (κ1) is 22.8. The molecule has 170 valence electrons. The Balaban J connectivity index is 1.39. The van der Waals surface area contributed by atoms with Crippen molar-refractivity contribution >= 4 is 12.4 Å². The maximum atomic E-state index is 11.4. The van der Waals surface area contributed by atoms with E-state index in [2.05, 4.69) is 29.6 Å². The molecule has 1 unspecified atom stereocenters. The first-order chi connectivity index (χ1) is 16.6. The topological polar surface area (TPSA) is 75.6 Å². The fourth-order valence-electron chi connectivity index (χ4n) is 3.82. The number of aldehydes is 1. The fourth-order valence-corrected chi connectivity index (χ4v) is 3.82. The lowest BCUT2D eigenvalue weighted by Crippen LogP contribution is -2.27. The highest BCUT2D eigenvalue weighted by Crippen LogP contribution is 2.26. The van der Waals surface area contributed by atoms with Gasteiger partial charge in [0.05, 0.1) is 12.6 Å². The van der Waals surface area contributed by atoms with Gasteiger partial charge in [-0.05, 0) is 39.9 Å². The van der Waals surface area contributed by atoms with Gasteiger partial charge < -0.3 is 15.2 Å². The smallest absolute Gasteiger partial charge is 0.405 e. The quantitative estimate of drug-likeness (QED) is 0.300. The van der Waals surface area contributed by atoms with Crippen LogP contribution in [0.3, 0.4) is 0 Å². The predicted octanol–water partition coefficient (Wildman–Crippen LogP) is 6.14. The Hall–Kier alpha value is -4.38. The molecule has 4 aromatic rings. The lowest BCUT2D eigenvalue weighted by atomic mass is 9.98. The summed E-state index contributed by atoms with van der Waals surface area (Å²) >= 11 is 0. The fraction of sp³-hybridized carbons (Fsp3) is 0.103. The van der Waals surface area contributed by atoms with Crippen LogP contribution in [-0.4, -0.2) is 24.1 Å². The molecule has 0 aliphatic rings. The predicted molar refractivity (Wildman–Crippen MR) is 132 cm³/mol. The van der Waals surface area contributed by atoms with Crippen molar-refractivity contribution in [1.29, 1.82) is 0 Å². The highest BCUT2D eigenvalue weighted by atomic mass is 16.5. The maximum Gasteiger partial charge on any atom is 0.405 e. The van der Waals surface area contributed by atoms with Gasteiger partial charge in [-0.15, -0.1) is 0 Å². The van der Waals surface area contributed by atoms with E-state index in [4.69, 9.17) is 4.74 Å². The van der Waals surface area contributed by atoms with Crippen LogP contribution in [0.15, 0.2) is 103 Å². The van der Waals surface area contributed by atoms with Gasteiger partial charge in [-0.1, -0.05) is 91.0 Å². The van der Waals surface area contributed by atoms with Crippen molar-refractivity contribution in [3.05, 3.63) is 125 Å². The molecule has 0 spiro atoms. The third-order valence-corrected chi connectivity index (χ3v) is 5.59. The molecule has 1 atom stereocenters. The van der Waals surface area contributed by atoms with Crippen molar-refractivity contribution < 1.29 is 19.4 Å². The summed E-state index contributed by atoms with van der Waals surface area (Å²) < 4.78 is 5.97. The van der Waals surface area contributed by atoms with Crippen LogP contribution in [0.2, 0.25) is 0 Å². The number of hydrogen-bond acceptors (Lipinski definition) is 3. The Morgan fingerprint density at radius 2 is 1.47 bits per heavy atom. The van der Waals surface area contributed by atoms with E-state index in [1.807, 2.05) is 78.9 Å². The van der Waals surface area contributed by atoms with Gasteiger partial charge in [0.2, 0.25) is 0 Å². The zero-order valence-corrected chi connectivity index (χ0v) is 18.6. The van der Waals surface area contributed by atoms with Gasteiger partial charge in [0.15, 0.2) is 0 Å². The Morgan fingerprint density at radius 3 is 2.12 bits per heavy atom. The molecule has 0 saturated carbocycles. The van der Waals surface area contributed by atoms with E-state index in [9.17, 15) is 14.7 Å². The first-order valence-corrected chi connectivity index (χ1v) is 11.0. The largest absolute Gasteiger partial charge is 0.493 e. The minimum Gasteiger partial charge on any atom is -0.493 e. The Bertz CT molecular complexity index is 1240. The number of carbonyl (C=O) groups is 2. The summed E-state index contributed by atoms with van der Waals surface area (Å²) in [6.45, 7) is 0.499. The van der Waals surface area contributed by atoms with Crippen LogP contribution in [-0.2, 0) is 6.42 Å². The molecular weight excluding hydrogens is 426 g/mol. The molecule has 0 aromatic heterocycles. The number of amides is 1. The molecule has 5 heteroatoms. The molecule has 34 heavy (non-hydrogen) atoms. The van der Waals surface area contributed by atoms with Crippen molar-refractivity contribution in [3.63, 3.8) is 0 Å². The number of carbonyl (C=O) groups excluding carboxylic acids is 1. The molecule has 0 aliphatic heterocycles. The molecule has 4 rings (SSSR count). The number of rotatable bonds is 9. The molecule has 5 nitrogen and oxygen atoms in total. The zero-order valence-electron chi connectivity index (χ0n) is 18.6. The summed E-state index contributed by atoms with van der Waals surface area (Å²) in [5, 5.41) is 11.9. The molecule has 0 fully saturated rings. The number of hydrogen-bond donors (Lipinski definition) is 2. The van der Waals surface area contributed by atoms with Crippen LogP contribution in [0.4, 0.5) is 4.79 Å². The molecule has 0 saturated heterocycles. The zero-order chi connectivity index (χ0) is 23.8. The minimum absolute atomic E-state index is 0.476. The number of nitrogens with one attached hydrogen (secondary N) is 1. The lowest BCUT2D eigenvalue weighted by molar-refractivity contribution is 0.112. The van der Waals surface area contributed by atoms with Crippen LogP contribution in [0.5, 0.6) is 5.75 Å². The summed E-state index contributed by atoms with van der Waals surface area (Å²) in [5.41, 5.74) is 5.65. The number of ether oxygens (including phenoxy) is 1. The molecule has 0 aliphatic carbocycles. The van der Waals surface area contributed by atoms with E-state index in [-0.39, 0.29) is 0 Å². The number of carboxylic acid groups (broad SMARTS) is 1. The molecule has 0 heterocycles. The van der Waals surface area contributed by atoms with Crippen LogP contribution < -0.4 is 10.1 Å². The van der Waals surface area contributed by atoms with Crippen molar-refractivity contribution in [2.24, 2.45) is 0 Å². The van der Waals surface area contributed by atoms with E-state index in [0.717, 1.165) is 40.5 Å².